The number of hydrogen-bond donors (Lipinski definition) is 1. The molecule has 0 aliphatic carbocycles. The molecule has 7 heteroatoms. The van der Waals surface area contributed by atoms with Gasteiger partial charge in [0.2, 0.25) is 5.95 Å². The second-order valence-electron chi connectivity index (χ2n) is 4.04. The lowest BCUT2D eigenvalue weighted by atomic mass is 10.2. The molecule has 2 aromatic rings. The van der Waals surface area contributed by atoms with Crippen LogP contribution >= 0.6 is 0 Å². The van der Waals surface area contributed by atoms with Crippen LogP contribution in [-0.4, -0.2) is 35.7 Å². The van der Waals surface area contributed by atoms with Crippen LogP contribution in [0.25, 0.3) is 0 Å². The van der Waals surface area contributed by atoms with Crippen LogP contribution < -0.4 is 19.5 Å². The molecule has 0 bridgehead atoms. The van der Waals surface area contributed by atoms with Crippen molar-refractivity contribution in [1.82, 2.24) is 15.0 Å². The van der Waals surface area contributed by atoms with Crippen molar-refractivity contribution in [2.24, 2.45) is 0 Å². The van der Waals surface area contributed by atoms with E-state index in [0.717, 1.165) is 11.3 Å². The largest absolute Gasteiger partial charge is 0.497 e. The van der Waals surface area contributed by atoms with Gasteiger partial charge in [0.1, 0.15) is 12.4 Å². The number of hydrogen-bond acceptors (Lipinski definition) is 7. The summed E-state index contributed by atoms with van der Waals surface area (Å²) >= 11 is 0. The Bertz CT molecular complexity index is 575. The highest BCUT2D eigenvalue weighted by Gasteiger charge is 2.07. The van der Waals surface area contributed by atoms with Crippen molar-refractivity contribution in [3.05, 3.63) is 29.8 Å². The highest BCUT2D eigenvalue weighted by atomic mass is 16.5. The maximum atomic E-state index is 5.57. The molecule has 1 N–H and O–H groups in total. The molecule has 112 valence electrons. The molecule has 0 atom stereocenters. The molecule has 0 fully saturated rings. The molecule has 0 saturated heterocycles. The van der Waals surface area contributed by atoms with Crippen molar-refractivity contribution in [3.63, 3.8) is 0 Å². The SMILES string of the molecule is CCOc1nc(NC)nc(OCc2ccc(OC)cc2)n1. The molecule has 0 amide bonds. The zero-order chi connectivity index (χ0) is 15.1. The Morgan fingerprint density at radius 2 is 1.67 bits per heavy atom. The van der Waals surface area contributed by atoms with E-state index in [2.05, 4.69) is 20.3 Å². The van der Waals surface area contributed by atoms with Crippen molar-refractivity contribution >= 4 is 5.95 Å². The summed E-state index contributed by atoms with van der Waals surface area (Å²) in [5.41, 5.74) is 0.986. The van der Waals surface area contributed by atoms with Gasteiger partial charge in [-0.1, -0.05) is 12.1 Å². The fraction of sp³-hybridized carbons (Fsp3) is 0.357. The van der Waals surface area contributed by atoms with Crippen molar-refractivity contribution in [3.8, 4) is 17.8 Å². The van der Waals surface area contributed by atoms with Crippen LogP contribution in [0, 0.1) is 0 Å². The number of benzene rings is 1. The summed E-state index contributed by atoms with van der Waals surface area (Å²) in [7, 11) is 3.35. The van der Waals surface area contributed by atoms with Crippen LogP contribution in [0.4, 0.5) is 5.95 Å². The highest BCUT2D eigenvalue weighted by molar-refractivity contribution is 5.28. The third kappa shape index (κ3) is 4.20. The Morgan fingerprint density at radius 3 is 2.24 bits per heavy atom. The molecule has 0 radical (unpaired) electrons. The van der Waals surface area contributed by atoms with E-state index < -0.39 is 0 Å². The Labute approximate surface area is 123 Å². The lowest BCUT2D eigenvalue weighted by molar-refractivity contribution is 0.261. The Balaban J connectivity index is 2.05. The van der Waals surface area contributed by atoms with Crippen molar-refractivity contribution in [1.29, 1.82) is 0 Å². The van der Waals surface area contributed by atoms with Gasteiger partial charge in [0.25, 0.3) is 0 Å². The lowest BCUT2D eigenvalue weighted by Crippen LogP contribution is -2.07. The molecule has 0 saturated carbocycles. The van der Waals surface area contributed by atoms with E-state index in [9.17, 15) is 0 Å². The predicted octanol–water partition coefficient (Wildman–Crippen LogP) is 1.90. The molecule has 2 rings (SSSR count). The topological polar surface area (TPSA) is 78.4 Å². The molecule has 7 nitrogen and oxygen atoms in total. The standard InChI is InChI=1S/C14H18N4O3/c1-4-20-13-16-12(15-2)17-14(18-13)21-9-10-5-7-11(19-3)8-6-10/h5-8H,4,9H2,1-3H3,(H,15,16,17,18). The second-order valence-corrected chi connectivity index (χ2v) is 4.04. The van der Waals surface area contributed by atoms with Crippen molar-refractivity contribution in [2.75, 3.05) is 26.1 Å². The average Bonchev–Trinajstić information content (AvgIpc) is 2.53. The molecule has 0 spiro atoms. The van der Waals surface area contributed by atoms with Gasteiger partial charge in [0.15, 0.2) is 0 Å². The molecule has 21 heavy (non-hydrogen) atoms. The average molecular weight is 290 g/mol. The smallest absolute Gasteiger partial charge is 0.324 e. The second kappa shape index (κ2) is 7.28. The predicted molar refractivity (Wildman–Crippen MR) is 77.9 cm³/mol. The summed E-state index contributed by atoms with van der Waals surface area (Å²) in [6, 6.07) is 8.04. The zero-order valence-electron chi connectivity index (χ0n) is 12.3. The molecule has 0 unspecified atom stereocenters. The number of nitrogens with zero attached hydrogens (tertiary/aromatic N) is 3. The number of nitrogens with one attached hydrogen (secondary N) is 1. The first-order chi connectivity index (χ1) is 10.2. The van der Waals surface area contributed by atoms with Gasteiger partial charge >= 0.3 is 12.0 Å². The van der Waals surface area contributed by atoms with Crippen LogP contribution in [-0.2, 0) is 6.61 Å². The van der Waals surface area contributed by atoms with Gasteiger partial charge in [0.05, 0.1) is 13.7 Å². The monoisotopic (exact) mass is 290 g/mol. The third-order valence-corrected chi connectivity index (χ3v) is 2.62. The van der Waals surface area contributed by atoms with Gasteiger partial charge in [-0.25, -0.2) is 0 Å². The van der Waals surface area contributed by atoms with Crippen LogP contribution in [0.5, 0.6) is 17.8 Å². The summed E-state index contributed by atoms with van der Waals surface area (Å²) < 4.78 is 16.0. The Hall–Kier alpha value is -2.57. The number of methoxy groups -OCH3 is 1. The first kappa shape index (κ1) is 14.8. The molecular weight excluding hydrogens is 272 g/mol. The van der Waals surface area contributed by atoms with Gasteiger partial charge in [-0.3, -0.25) is 0 Å². The summed E-state index contributed by atoms with van der Waals surface area (Å²) in [6.45, 7) is 2.69. The zero-order valence-corrected chi connectivity index (χ0v) is 12.3. The fourth-order valence-corrected chi connectivity index (χ4v) is 1.58. The quantitative estimate of drug-likeness (QED) is 0.834. The fourth-order valence-electron chi connectivity index (χ4n) is 1.58. The maximum Gasteiger partial charge on any atom is 0.324 e. The van der Waals surface area contributed by atoms with Crippen LogP contribution in [0.15, 0.2) is 24.3 Å². The summed E-state index contributed by atoms with van der Waals surface area (Å²) in [6.07, 6.45) is 0. The first-order valence-corrected chi connectivity index (χ1v) is 6.57. The summed E-state index contributed by atoms with van der Waals surface area (Å²) in [5.74, 6) is 1.20. The van der Waals surface area contributed by atoms with Gasteiger partial charge in [-0.2, -0.15) is 9.97 Å². The molecule has 1 heterocycles. The molecule has 1 aromatic heterocycles. The van der Waals surface area contributed by atoms with Crippen molar-refractivity contribution in [2.45, 2.75) is 13.5 Å². The number of rotatable bonds is 7. The van der Waals surface area contributed by atoms with Crippen LogP contribution in [0.3, 0.4) is 0 Å². The number of anilines is 1. The molecule has 0 aliphatic heterocycles. The summed E-state index contributed by atoms with van der Waals surface area (Å²) in [5, 5.41) is 2.84. The minimum absolute atomic E-state index is 0.216. The van der Waals surface area contributed by atoms with Gasteiger partial charge < -0.3 is 19.5 Å². The minimum Gasteiger partial charge on any atom is -0.497 e. The van der Waals surface area contributed by atoms with E-state index >= 15 is 0 Å². The van der Waals surface area contributed by atoms with E-state index in [1.54, 1.807) is 14.2 Å². The number of ether oxygens (including phenoxy) is 3. The van der Waals surface area contributed by atoms with Crippen LogP contribution in [0.2, 0.25) is 0 Å². The molecule has 0 aliphatic rings. The normalized spacial score (nSPS) is 10.0. The van der Waals surface area contributed by atoms with E-state index in [1.165, 1.54) is 0 Å². The van der Waals surface area contributed by atoms with Crippen molar-refractivity contribution < 1.29 is 14.2 Å². The Morgan fingerprint density at radius 1 is 1.00 bits per heavy atom. The third-order valence-electron chi connectivity index (χ3n) is 2.62. The Kier molecular flexibility index (Phi) is 5.14. The van der Waals surface area contributed by atoms with Crippen LogP contribution in [0.1, 0.15) is 12.5 Å². The van der Waals surface area contributed by atoms with E-state index in [-0.39, 0.29) is 12.0 Å². The minimum atomic E-state index is 0.216. The summed E-state index contributed by atoms with van der Waals surface area (Å²) in [4.78, 5) is 12.3. The number of aromatic nitrogens is 3. The van der Waals surface area contributed by atoms with E-state index in [1.807, 2.05) is 31.2 Å². The van der Waals surface area contributed by atoms with E-state index in [0.29, 0.717) is 19.2 Å². The van der Waals surface area contributed by atoms with E-state index in [4.69, 9.17) is 14.2 Å². The first-order valence-electron chi connectivity index (χ1n) is 6.57. The lowest BCUT2D eigenvalue weighted by Gasteiger charge is -2.08. The highest BCUT2D eigenvalue weighted by Crippen LogP contribution is 2.15. The van der Waals surface area contributed by atoms with Gasteiger partial charge in [-0.15, -0.1) is 4.98 Å². The molecule has 1 aromatic carbocycles. The van der Waals surface area contributed by atoms with Gasteiger partial charge in [-0.05, 0) is 24.6 Å². The molecular formula is C14H18N4O3. The maximum absolute atomic E-state index is 5.57. The van der Waals surface area contributed by atoms with Gasteiger partial charge in [0, 0.05) is 7.05 Å².